The molecule has 1 fully saturated rings. The van der Waals surface area contributed by atoms with Crippen molar-refractivity contribution >= 4 is 23.6 Å². The Labute approximate surface area is 110 Å². The molecule has 1 saturated heterocycles. The summed E-state index contributed by atoms with van der Waals surface area (Å²) in [7, 11) is 1.33. The molecule has 5 heteroatoms. The summed E-state index contributed by atoms with van der Waals surface area (Å²) in [6.45, 7) is 2.02. The molecule has 0 aromatic heterocycles. The second-order valence-corrected chi connectivity index (χ2v) is 5.24. The molecule has 0 radical (unpaired) electrons. The fourth-order valence-electron chi connectivity index (χ4n) is 1.93. The quantitative estimate of drug-likeness (QED) is 0.781. The van der Waals surface area contributed by atoms with Crippen molar-refractivity contribution in [2.75, 3.05) is 19.4 Å². The van der Waals surface area contributed by atoms with Gasteiger partial charge in [0.25, 0.3) is 0 Å². The number of carbonyl (C=O) groups is 2. The second kappa shape index (κ2) is 5.44. The molecule has 1 heterocycles. The van der Waals surface area contributed by atoms with Crippen molar-refractivity contribution in [3.63, 3.8) is 0 Å². The van der Waals surface area contributed by atoms with Crippen LogP contribution in [0.3, 0.4) is 0 Å². The third-order valence-corrected chi connectivity index (χ3v) is 4.08. The monoisotopic (exact) mass is 265 g/mol. The molecule has 1 atom stereocenters. The SMILES string of the molecule is COC(=O)CN1C(=O)CSC1c1cccc(C)c1. The summed E-state index contributed by atoms with van der Waals surface area (Å²) in [6, 6.07) is 7.99. The maximum atomic E-state index is 11.8. The van der Waals surface area contributed by atoms with E-state index in [4.69, 9.17) is 0 Å². The molecular formula is C13H15NO3S. The number of amides is 1. The van der Waals surface area contributed by atoms with Crippen LogP contribution in [0.1, 0.15) is 16.5 Å². The Kier molecular flexibility index (Phi) is 3.91. The standard InChI is InChI=1S/C13H15NO3S/c1-9-4-3-5-10(6-9)13-14(7-12(16)17-2)11(15)8-18-13/h3-6,13H,7-8H2,1-2H3. The first-order valence-electron chi connectivity index (χ1n) is 5.66. The Hall–Kier alpha value is -1.49. The summed E-state index contributed by atoms with van der Waals surface area (Å²) < 4.78 is 4.63. The predicted octanol–water partition coefficient (Wildman–Crippen LogP) is 1.74. The summed E-state index contributed by atoms with van der Waals surface area (Å²) in [5.74, 6) is 0.00991. The van der Waals surface area contributed by atoms with E-state index in [0.29, 0.717) is 5.75 Å². The Morgan fingerprint density at radius 2 is 2.33 bits per heavy atom. The number of aryl methyl sites for hydroxylation is 1. The number of hydrogen-bond acceptors (Lipinski definition) is 4. The van der Waals surface area contributed by atoms with Gasteiger partial charge in [0.05, 0.1) is 12.9 Å². The summed E-state index contributed by atoms with van der Waals surface area (Å²) in [5, 5.41) is -0.0866. The van der Waals surface area contributed by atoms with Crippen LogP contribution in [0.4, 0.5) is 0 Å². The number of esters is 1. The first-order valence-corrected chi connectivity index (χ1v) is 6.71. The highest BCUT2D eigenvalue weighted by Gasteiger charge is 2.34. The highest BCUT2D eigenvalue weighted by atomic mass is 32.2. The van der Waals surface area contributed by atoms with Crippen molar-refractivity contribution < 1.29 is 14.3 Å². The van der Waals surface area contributed by atoms with Gasteiger partial charge in [0.15, 0.2) is 0 Å². The number of thioether (sulfide) groups is 1. The second-order valence-electron chi connectivity index (χ2n) is 4.18. The maximum absolute atomic E-state index is 11.8. The van der Waals surface area contributed by atoms with Gasteiger partial charge in [-0.25, -0.2) is 0 Å². The van der Waals surface area contributed by atoms with E-state index in [1.165, 1.54) is 7.11 Å². The van der Waals surface area contributed by atoms with Crippen LogP contribution in [-0.4, -0.2) is 36.2 Å². The zero-order valence-corrected chi connectivity index (χ0v) is 11.2. The van der Waals surface area contributed by atoms with E-state index in [1.807, 2.05) is 31.2 Å². The van der Waals surface area contributed by atoms with E-state index in [1.54, 1.807) is 16.7 Å². The number of methoxy groups -OCH3 is 1. The van der Waals surface area contributed by atoms with Crippen LogP contribution in [0.15, 0.2) is 24.3 Å². The molecule has 0 saturated carbocycles. The number of rotatable bonds is 3. The van der Waals surface area contributed by atoms with E-state index in [9.17, 15) is 9.59 Å². The van der Waals surface area contributed by atoms with Gasteiger partial charge in [-0.1, -0.05) is 29.8 Å². The minimum Gasteiger partial charge on any atom is -0.468 e. The van der Waals surface area contributed by atoms with Crippen LogP contribution >= 0.6 is 11.8 Å². The molecule has 0 N–H and O–H groups in total. The third-order valence-electron chi connectivity index (χ3n) is 2.82. The number of benzene rings is 1. The summed E-state index contributed by atoms with van der Waals surface area (Å²) >= 11 is 1.54. The maximum Gasteiger partial charge on any atom is 0.325 e. The van der Waals surface area contributed by atoms with E-state index < -0.39 is 0 Å². The fraction of sp³-hybridized carbons (Fsp3) is 0.385. The Morgan fingerprint density at radius 3 is 3.00 bits per heavy atom. The lowest BCUT2D eigenvalue weighted by Gasteiger charge is -2.23. The molecule has 0 aliphatic carbocycles. The molecule has 1 aliphatic heterocycles. The number of nitrogens with zero attached hydrogens (tertiary/aromatic N) is 1. The van der Waals surface area contributed by atoms with Crippen molar-refractivity contribution in [2.24, 2.45) is 0 Å². The van der Waals surface area contributed by atoms with Crippen molar-refractivity contribution in [1.29, 1.82) is 0 Å². The number of hydrogen-bond donors (Lipinski definition) is 0. The highest BCUT2D eigenvalue weighted by molar-refractivity contribution is 8.00. The van der Waals surface area contributed by atoms with Crippen LogP contribution in [0, 0.1) is 6.92 Å². The van der Waals surface area contributed by atoms with Crippen LogP contribution in [-0.2, 0) is 14.3 Å². The van der Waals surface area contributed by atoms with Gasteiger partial charge < -0.3 is 9.64 Å². The fourth-order valence-corrected chi connectivity index (χ4v) is 3.11. The Bertz CT molecular complexity index is 475. The molecule has 1 aromatic rings. The minimum absolute atomic E-state index is 0.0148. The van der Waals surface area contributed by atoms with Crippen LogP contribution < -0.4 is 0 Å². The molecule has 0 spiro atoms. The van der Waals surface area contributed by atoms with Crippen molar-refractivity contribution in [2.45, 2.75) is 12.3 Å². The van der Waals surface area contributed by atoms with E-state index in [-0.39, 0.29) is 23.8 Å². The zero-order chi connectivity index (χ0) is 13.1. The third kappa shape index (κ3) is 2.67. The van der Waals surface area contributed by atoms with Crippen LogP contribution in [0.5, 0.6) is 0 Å². The van der Waals surface area contributed by atoms with Crippen LogP contribution in [0.2, 0.25) is 0 Å². The van der Waals surface area contributed by atoms with Gasteiger partial charge in [0, 0.05) is 0 Å². The van der Waals surface area contributed by atoms with Gasteiger partial charge in [-0.3, -0.25) is 9.59 Å². The molecule has 0 bridgehead atoms. The smallest absolute Gasteiger partial charge is 0.325 e. The Morgan fingerprint density at radius 1 is 1.56 bits per heavy atom. The number of ether oxygens (including phenoxy) is 1. The topological polar surface area (TPSA) is 46.6 Å². The first kappa shape index (κ1) is 13.0. The molecule has 18 heavy (non-hydrogen) atoms. The van der Waals surface area contributed by atoms with E-state index in [0.717, 1.165) is 11.1 Å². The average Bonchev–Trinajstić information content (AvgIpc) is 2.71. The first-order chi connectivity index (χ1) is 8.61. The van der Waals surface area contributed by atoms with Gasteiger partial charge in [0.2, 0.25) is 5.91 Å². The van der Waals surface area contributed by atoms with Gasteiger partial charge in [-0.2, -0.15) is 0 Å². The van der Waals surface area contributed by atoms with Gasteiger partial charge in [-0.15, -0.1) is 11.8 Å². The molecule has 1 aliphatic rings. The van der Waals surface area contributed by atoms with Gasteiger partial charge in [0.1, 0.15) is 11.9 Å². The molecular weight excluding hydrogens is 250 g/mol. The summed E-state index contributed by atoms with van der Waals surface area (Å²) in [6.07, 6.45) is 0. The largest absolute Gasteiger partial charge is 0.468 e. The number of carbonyl (C=O) groups excluding carboxylic acids is 2. The van der Waals surface area contributed by atoms with E-state index >= 15 is 0 Å². The van der Waals surface area contributed by atoms with Crippen molar-refractivity contribution in [3.8, 4) is 0 Å². The predicted molar refractivity (Wildman–Crippen MR) is 70.1 cm³/mol. The van der Waals surface area contributed by atoms with Crippen LogP contribution in [0.25, 0.3) is 0 Å². The van der Waals surface area contributed by atoms with Crippen molar-refractivity contribution in [1.82, 2.24) is 4.90 Å². The van der Waals surface area contributed by atoms with Gasteiger partial charge >= 0.3 is 5.97 Å². The lowest BCUT2D eigenvalue weighted by atomic mass is 10.1. The molecule has 1 unspecified atom stereocenters. The average molecular weight is 265 g/mol. The summed E-state index contributed by atoms with van der Waals surface area (Å²) in [5.41, 5.74) is 2.19. The summed E-state index contributed by atoms with van der Waals surface area (Å²) in [4.78, 5) is 24.7. The highest BCUT2D eigenvalue weighted by Crippen LogP contribution is 2.38. The van der Waals surface area contributed by atoms with E-state index in [2.05, 4.69) is 4.74 Å². The molecule has 2 rings (SSSR count). The molecule has 4 nitrogen and oxygen atoms in total. The lowest BCUT2D eigenvalue weighted by Crippen LogP contribution is -2.34. The molecule has 1 amide bonds. The lowest BCUT2D eigenvalue weighted by molar-refractivity contribution is -0.146. The zero-order valence-electron chi connectivity index (χ0n) is 10.4. The Balaban J connectivity index is 2.21. The molecule has 96 valence electrons. The normalized spacial score (nSPS) is 19.1. The van der Waals surface area contributed by atoms with Gasteiger partial charge in [-0.05, 0) is 12.5 Å². The van der Waals surface area contributed by atoms with Crippen molar-refractivity contribution in [3.05, 3.63) is 35.4 Å². The minimum atomic E-state index is -0.386. The molecule has 1 aromatic carbocycles.